The van der Waals surface area contributed by atoms with Crippen LogP contribution in [0.2, 0.25) is 0 Å². The van der Waals surface area contributed by atoms with Gasteiger partial charge < -0.3 is 15.8 Å². The van der Waals surface area contributed by atoms with Crippen LogP contribution in [-0.4, -0.2) is 18.3 Å². The first-order valence-corrected chi connectivity index (χ1v) is 6.68. The average molecular weight is 252 g/mol. The van der Waals surface area contributed by atoms with E-state index < -0.39 is 0 Å². The molecular formula is C12H16N2O2S. The molecule has 0 bridgehead atoms. The predicted octanol–water partition coefficient (Wildman–Crippen LogP) is 2.49. The molecule has 0 unspecified atom stereocenters. The molecule has 3 N–H and O–H groups in total. The van der Waals surface area contributed by atoms with Gasteiger partial charge in [-0.3, -0.25) is 4.79 Å². The lowest BCUT2D eigenvalue weighted by atomic mass is 10.2. The Labute approximate surface area is 105 Å². The zero-order chi connectivity index (χ0) is 12.3. The summed E-state index contributed by atoms with van der Waals surface area (Å²) in [6, 6.07) is 3.67. The third kappa shape index (κ3) is 2.85. The number of thioether (sulfide) groups is 1. The molecule has 5 heteroatoms. The second kappa shape index (κ2) is 5.31. The lowest BCUT2D eigenvalue weighted by molar-refractivity contribution is -0.118. The van der Waals surface area contributed by atoms with E-state index in [0.29, 0.717) is 11.4 Å². The molecule has 0 saturated carbocycles. The van der Waals surface area contributed by atoms with E-state index in [1.54, 1.807) is 17.8 Å². The number of anilines is 2. The number of carbonyl (C=O) groups excluding carboxylic acids is 1. The molecule has 0 radical (unpaired) electrons. The summed E-state index contributed by atoms with van der Waals surface area (Å²) in [7, 11) is 0. The number of ether oxygens (including phenoxy) is 1. The Kier molecular flexibility index (Phi) is 3.78. The van der Waals surface area contributed by atoms with Crippen LogP contribution < -0.4 is 15.8 Å². The van der Waals surface area contributed by atoms with Gasteiger partial charge in [-0.2, -0.15) is 0 Å². The van der Waals surface area contributed by atoms with Crippen molar-refractivity contribution in [3.63, 3.8) is 0 Å². The Balaban J connectivity index is 2.17. The molecule has 2 rings (SSSR count). The molecule has 92 valence electrons. The summed E-state index contributed by atoms with van der Waals surface area (Å²) in [5.74, 6) is 1.57. The summed E-state index contributed by atoms with van der Waals surface area (Å²) >= 11 is 1.71. The maximum Gasteiger partial charge on any atom is 0.262 e. The van der Waals surface area contributed by atoms with Gasteiger partial charge in [0.25, 0.3) is 5.91 Å². The summed E-state index contributed by atoms with van der Waals surface area (Å²) in [5.41, 5.74) is 7.37. The van der Waals surface area contributed by atoms with Gasteiger partial charge in [0.2, 0.25) is 0 Å². The van der Waals surface area contributed by atoms with Gasteiger partial charge in [0.1, 0.15) is 5.75 Å². The van der Waals surface area contributed by atoms with Crippen LogP contribution in [0.3, 0.4) is 0 Å². The van der Waals surface area contributed by atoms with Crippen LogP contribution in [0.4, 0.5) is 11.4 Å². The van der Waals surface area contributed by atoms with E-state index in [0.717, 1.165) is 29.2 Å². The highest BCUT2D eigenvalue weighted by molar-refractivity contribution is 7.99. The van der Waals surface area contributed by atoms with Crippen molar-refractivity contribution in [3.8, 4) is 5.75 Å². The van der Waals surface area contributed by atoms with Crippen molar-refractivity contribution in [2.75, 3.05) is 23.4 Å². The third-order valence-electron chi connectivity index (χ3n) is 2.50. The average Bonchev–Trinajstić information content (AvgIpc) is 2.31. The largest absolute Gasteiger partial charge is 0.482 e. The molecule has 1 aliphatic heterocycles. The normalized spacial score (nSPS) is 13.8. The molecule has 1 aromatic rings. The maximum absolute atomic E-state index is 11.2. The molecular weight excluding hydrogens is 236 g/mol. The Morgan fingerprint density at radius 3 is 3.12 bits per heavy atom. The molecule has 0 fully saturated rings. The van der Waals surface area contributed by atoms with Crippen molar-refractivity contribution in [2.45, 2.75) is 24.7 Å². The molecule has 0 atom stereocenters. The maximum atomic E-state index is 11.2. The molecule has 1 amide bonds. The third-order valence-corrected chi connectivity index (χ3v) is 3.66. The van der Waals surface area contributed by atoms with Crippen molar-refractivity contribution < 1.29 is 9.53 Å². The van der Waals surface area contributed by atoms with E-state index in [9.17, 15) is 4.79 Å². The van der Waals surface area contributed by atoms with Crippen molar-refractivity contribution in [3.05, 3.63) is 12.1 Å². The van der Waals surface area contributed by atoms with E-state index in [2.05, 4.69) is 12.2 Å². The minimum Gasteiger partial charge on any atom is -0.482 e. The summed E-state index contributed by atoms with van der Waals surface area (Å²) in [6.45, 7) is 2.22. The zero-order valence-corrected chi connectivity index (χ0v) is 10.6. The van der Waals surface area contributed by atoms with E-state index in [4.69, 9.17) is 10.5 Å². The lowest BCUT2D eigenvalue weighted by Crippen LogP contribution is -2.25. The van der Waals surface area contributed by atoms with Gasteiger partial charge in [0.15, 0.2) is 6.61 Å². The van der Waals surface area contributed by atoms with Crippen molar-refractivity contribution in [2.24, 2.45) is 0 Å². The molecule has 0 spiro atoms. The van der Waals surface area contributed by atoms with Gasteiger partial charge in [0.05, 0.1) is 5.69 Å². The number of nitrogen functional groups attached to an aromatic ring is 1. The fraction of sp³-hybridized carbons (Fsp3) is 0.417. The highest BCUT2D eigenvalue weighted by Gasteiger charge is 2.17. The number of nitrogens with one attached hydrogen (secondary N) is 1. The topological polar surface area (TPSA) is 64.3 Å². The monoisotopic (exact) mass is 252 g/mol. The predicted molar refractivity (Wildman–Crippen MR) is 70.6 cm³/mol. The number of carbonyl (C=O) groups is 1. The molecule has 1 aromatic carbocycles. The zero-order valence-electron chi connectivity index (χ0n) is 9.79. The summed E-state index contributed by atoms with van der Waals surface area (Å²) < 4.78 is 5.30. The van der Waals surface area contributed by atoms with Crippen LogP contribution in [0.1, 0.15) is 19.8 Å². The Morgan fingerprint density at radius 1 is 1.53 bits per heavy atom. The first kappa shape index (κ1) is 12.1. The van der Waals surface area contributed by atoms with Gasteiger partial charge >= 0.3 is 0 Å². The quantitative estimate of drug-likeness (QED) is 0.491. The van der Waals surface area contributed by atoms with Crippen LogP contribution in [-0.2, 0) is 4.79 Å². The first-order chi connectivity index (χ1) is 8.20. The summed E-state index contributed by atoms with van der Waals surface area (Å²) in [6.07, 6.45) is 2.32. The number of amides is 1. The number of hydrogen-bond donors (Lipinski definition) is 2. The van der Waals surface area contributed by atoms with Crippen LogP contribution in [0, 0.1) is 0 Å². The van der Waals surface area contributed by atoms with E-state index in [1.165, 1.54) is 0 Å². The molecule has 4 nitrogen and oxygen atoms in total. The van der Waals surface area contributed by atoms with Crippen molar-refractivity contribution >= 4 is 29.0 Å². The number of hydrogen-bond acceptors (Lipinski definition) is 4. The Bertz CT molecular complexity index is 435. The smallest absolute Gasteiger partial charge is 0.262 e. The molecule has 1 aliphatic rings. The van der Waals surface area contributed by atoms with E-state index in [1.807, 2.05) is 6.07 Å². The van der Waals surface area contributed by atoms with Crippen molar-refractivity contribution in [1.82, 2.24) is 0 Å². The van der Waals surface area contributed by atoms with Crippen LogP contribution in [0.25, 0.3) is 0 Å². The van der Waals surface area contributed by atoms with E-state index >= 15 is 0 Å². The van der Waals surface area contributed by atoms with Crippen LogP contribution in [0.15, 0.2) is 17.0 Å². The number of nitrogens with two attached hydrogens (primary N) is 1. The molecule has 17 heavy (non-hydrogen) atoms. The van der Waals surface area contributed by atoms with Gasteiger partial charge in [-0.05, 0) is 18.2 Å². The Hall–Kier alpha value is -1.36. The number of unbranched alkanes of at least 4 members (excludes halogenated alkanes) is 1. The standard InChI is InChI=1S/C12H16N2O2S/c1-2-3-4-17-11-6-9-10(5-8(11)13)16-7-12(15)14-9/h5-6H,2-4,7,13H2,1H3,(H,14,15). The first-order valence-electron chi connectivity index (χ1n) is 5.69. The molecule has 0 aliphatic carbocycles. The minimum absolute atomic E-state index is 0.0643. The minimum atomic E-state index is -0.119. The summed E-state index contributed by atoms with van der Waals surface area (Å²) in [4.78, 5) is 12.2. The fourth-order valence-electron chi connectivity index (χ4n) is 1.57. The van der Waals surface area contributed by atoms with Crippen molar-refractivity contribution in [1.29, 1.82) is 0 Å². The number of benzene rings is 1. The SMILES string of the molecule is CCCCSc1cc2c(cc1N)OCC(=O)N2. The van der Waals surface area contributed by atoms with Crippen LogP contribution >= 0.6 is 11.8 Å². The second-order valence-corrected chi connectivity index (χ2v) is 5.06. The molecule has 0 saturated heterocycles. The lowest BCUT2D eigenvalue weighted by Gasteiger charge is -2.19. The highest BCUT2D eigenvalue weighted by atomic mass is 32.2. The van der Waals surface area contributed by atoms with Gasteiger partial charge in [-0.1, -0.05) is 13.3 Å². The van der Waals surface area contributed by atoms with Gasteiger partial charge in [-0.15, -0.1) is 11.8 Å². The number of rotatable bonds is 4. The van der Waals surface area contributed by atoms with Gasteiger partial charge in [-0.25, -0.2) is 0 Å². The van der Waals surface area contributed by atoms with E-state index in [-0.39, 0.29) is 12.5 Å². The second-order valence-electron chi connectivity index (χ2n) is 3.93. The molecule has 1 heterocycles. The van der Waals surface area contributed by atoms with Crippen LogP contribution in [0.5, 0.6) is 5.75 Å². The summed E-state index contributed by atoms with van der Waals surface area (Å²) in [5, 5.41) is 2.79. The fourth-order valence-corrected chi connectivity index (χ4v) is 2.65. The Morgan fingerprint density at radius 2 is 2.35 bits per heavy atom. The highest BCUT2D eigenvalue weighted by Crippen LogP contribution is 2.37. The van der Waals surface area contributed by atoms with Gasteiger partial charge in [0, 0.05) is 16.6 Å². The number of fused-ring (bicyclic) bond motifs is 1. The molecule has 0 aromatic heterocycles.